The first-order valence-electron chi connectivity index (χ1n) is 4.78. The minimum atomic E-state index is 0.667. The van der Waals surface area contributed by atoms with Gasteiger partial charge in [-0.3, -0.25) is 0 Å². The molecule has 0 unspecified atom stereocenters. The largest absolute Gasteiger partial charge is 0.383 e. The van der Waals surface area contributed by atoms with Gasteiger partial charge in [0.1, 0.15) is 0 Å². The third kappa shape index (κ3) is 5.11. The van der Waals surface area contributed by atoms with Gasteiger partial charge in [-0.15, -0.1) is 11.3 Å². The maximum absolute atomic E-state index is 5.10. The number of thiophene rings is 1. The highest BCUT2D eigenvalue weighted by atomic mass is 32.1. The van der Waals surface area contributed by atoms with E-state index in [4.69, 9.17) is 17.0 Å². The summed E-state index contributed by atoms with van der Waals surface area (Å²) in [6.07, 6.45) is 0. The van der Waals surface area contributed by atoms with Crippen molar-refractivity contribution in [3.05, 3.63) is 21.9 Å². The van der Waals surface area contributed by atoms with Crippen LogP contribution in [0.25, 0.3) is 0 Å². The standard InChI is InChI=1S/C10H16N2OS2/c1-8-3-4-9(15-8)7-12-10(14)11-5-6-13-2/h3-4H,5-7H2,1-2H3,(H2,11,12,14). The third-order valence-corrected chi connectivity index (χ3v) is 3.10. The van der Waals surface area contributed by atoms with Gasteiger partial charge < -0.3 is 15.4 Å². The molecule has 0 atom stereocenters. The van der Waals surface area contributed by atoms with E-state index >= 15 is 0 Å². The van der Waals surface area contributed by atoms with Gasteiger partial charge in [0, 0.05) is 23.4 Å². The van der Waals surface area contributed by atoms with Crippen molar-refractivity contribution in [3.63, 3.8) is 0 Å². The summed E-state index contributed by atoms with van der Waals surface area (Å²) in [6.45, 7) is 4.30. The Morgan fingerprint density at radius 1 is 1.47 bits per heavy atom. The van der Waals surface area contributed by atoms with E-state index < -0.39 is 0 Å². The van der Waals surface area contributed by atoms with Crippen LogP contribution in [0.3, 0.4) is 0 Å². The van der Waals surface area contributed by atoms with Gasteiger partial charge in [0.2, 0.25) is 0 Å². The van der Waals surface area contributed by atoms with Crippen molar-refractivity contribution >= 4 is 28.7 Å². The summed E-state index contributed by atoms with van der Waals surface area (Å²) >= 11 is 6.88. The summed E-state index contributed by atoms with van der Waals surface area (Å²) in [5.74, 6) is 0. The number of nitrogens with one attached hydrogen (secondary N) is 2. The lowest BCUT2D eigenvalue weighted by atomic mass is 10.4. The quantitative estimate of drug-likeness (QED) is 0.610. The van der Waals surface area contributed by atoms with Crippen molar-refractivity contribution in [3.8, 4) is 0 Å². The lowest BCUT2D eigenvalue weighted by molar-refractivity contribution is 0.204. The number of rotatable bonds is 5. The Bertz CT molecular complexity index is 312. The predicted molar refractivity (Wildman–Crippen MR) is 68.4 cm³/mol. The zero-order chi connectivity index (χ0) is 11.1. The summed E-state index contributed by atoms with van der Waals surface area (Å²) in [7, 11) is 1.67. The third-order valence-electron chi connectivity index (χ3n) is 1.81. The van der Waals surface area contributed by atoms with Crippen LogP contribution in [-0.2, 0) is 11.3 Å². The second kappa shape index (κ2) is 6.76. The molecule has 0 aliphatic rings. The van der Waals surface area contributed by atoms with Crippen LogP contribution in [0, 0.1) is 6.92 Å². The molecule has 0 bridgehead atoms. The fraction of sp³-hybridized carbons (Fsp3) is 0.500. The van der Waals surface area contributed by atoms with E-state index in [-0.39, 0.29) is 0 Å². The normalized spacial score (nSPS) is 10.0. The molecule has 1 rings (SSSR count). The van der Waals surface area contributed by atoms with Crippen molar-refractivity contribution in [1.29, 1.82) is 0 Å². The Morgan fingerprint density at radius 3 is 2.87 bits per heavy atom. The van der Waals surface area contributed by atoms with Gasteiger partial charge in [0.15, 0.2) is 5.11 Å². The first-order chi connectivity index (χ1) is 7.22. The van der Waals surface area contributed by atoms with Crippen LogP contribution in [-0.4, -0.2) is 25.4 Å². The fourth-order valence-corrected chi connectivity index (χ4v) is 2.08. The second-order valence-electron chi connectivity index (χ2n) is 3.11. The van der Waals surface area contributed by atoms with Crippen LogP contribution in [0.5, 0.6) is 0 Å². The molecule has 3 nitrogen and oxygen atoms in total. The SMILES string of the molecule is COCCNC(=S)NCc1ccc(C)s1. The highest BCUT2D eigenvalue weighted by Gasteiger charge is 1.98. The molecule has 0 aliphatic heterocycles. The maximum atomic E-state index is 5.10. The number of aryl methyl sites for hydroxylation is 1. The predicted octanol–water partition coefficient (Wildman–Crippen LogP) is 1.67. The molecule has 0 aliphatic carbocycles. The number of hydrogen-bond acceptors (Lipinski definition) is 3. The lowest BCUT2D eigenvalue weighted by Gasteiger charge is -2.08. The van der Waals surface area contributed by atoms with Crippen LogP contribution in [0.1, 0.15) is 9.75 Å². The molecular formula is C10H16N2OS2. The van der Waals surface area contributed by atoms with Gasteiger partial charge in [0.25, 0.3) is 0 Å². The summed E-state index contributed by atoms with van der Waals surface area (Å²) in [5, 5.41) is 6.89. The summed E-state index contributed by atoms with van der Waals surface area (Å²) in [5.41, 5.74) is 0. The average molecular weight is 244 g/mol. The Labute approximate surface area is 99.8 Å². The van der Waals surface area contributed by atoms with Gasteiger partial charge in [0.05, 0.1) is 13.2 Å². The average Bonchev–Trinajstić information content (AvgIpc) is 2.62. The van der Waals surface area contributed by atoms with E-state index in [0.29, 0.717) is 11.7 Å². The Kier molecular flexibility index (Phi) is 5.60. The van der Waals surface area contributed by atoms with Gasteiger partial charge in [-0.1, -0.05) is 0 Å². The molecule has 1 aromatic heterocycles. The minimum Gasteiger partial charge on any atom is -0.383 e. The molecule has 84 valence electrons. The van der Waals surface area contributed by atoms with Crippen molar-refractivity contribution in [1.82, 2.24) is 10.6 Å². The smallest absolute Gasteiger partial charge is 0.166 e. The molecule has 0 spiro atoms. The Morgan fingerprint density at radius 2 is 2.27 bits per heavy atom. The molecule has 0 saturated heterocycles. The molecular weight excluding hydrogens is 228 g/mol. The Balaban J connectivity index is 2.16. The highest BCUT2D eigenvalue weighted by molar-refractivity contribution is 7.80. The van der Waals surface area contributed by atoms with Crippen LogP contribution >= 0.6 is 23.6 Å². The summed E-state index contributed by atoms with van der Waals surface area (Å²) in [6, 6.07) is 4.23. The van der Waals surface area contributed by atoms with E-state index in [2.05, 4.69) is 29.7 Å². The molecule has 0 amide bonds. The molecule has 0 fully saturated rings. The Hall–Kier alpha value is -0.650. The topological polar surface area (TPSA) is 33.3 Å². The number of hydrogen-bond donors (Lipinski definition) is 2. The van der Waals surface area contributed by atoms with Crippen molar-refractivity contribution in [2.45, 2.75) is 13.5 Å². The first kappa shape index (κ1) is 12.4. The van der Waals surface area contributed by atoms with Gasteiger partial charge in [-0.2, -0.15) is 0 Å². The number of methoxy groups -OCH3 is 1. The zero-order valence-electron chi connectivity index (χ0n) is 9.00. The molecule has 5 heteroatoms. The zero-order valence-corrected chi connectivity index (χ0v) is 10.6. The molecule has 2 N–H and O–H groups in total. The molecule has 15 heavy (non-hydrogen) atoms. The summed E-state index contributed by atoms with van der Waals surface area (Å²) in [4.78, 5) is 2.62. The second-order valence-corrected chi connectivity index (χ2v) is 4.90. The van der Waals surface area contributed by atoms with Crippen molar-refractivity contribution in [2.75, 3.05) is 20.3 Å². The maximum Gasteiger partial charge on any atom is 0.166 e. The minimum absolute atomic E-state index is 0.667. The van der Waals surface area contributed by atoms with Gasteiger partial charge in [-0.25, -0.2) is 0 Å². The van der Waals surface area contributed by atoms with Crippen LogP contribution in [0.15, 0.2) is 12.1 Å². The first-order valence-corrected chi connectivity index (χ1v) is 6.01. The molecule has 0 aromatic carbocycles. The van der Waals surface area contributed by atoms with E-state index in [1.165, 1.54) is 9.75 Å². The number of thiocarbonyl (C=S) groups is 1. The van der Waals surface area contributed by atoms with Crippen LogP contribution in [0.4, 0.5) is 0 Å². The highest BCUT2D eigenvalue weighted by Crippen LogP contribution is 2.14. The van der Waals surface area contributed by atoms with Crippen molar-refractivity contribution in [2.24, 2.45) is 0 Å². The van der Waals surface area contributed by atoms with Crippen LogP contribution in [0.2, 0.25) is 0 Å². The molecule has 0 saturated carbocycles. The van der Waals surface area contributed by atoms with E-state index in [1.54, 1.807) is 18.4 Å². The summed E-state index contributed by atoms with van der Waals surface area (Å²) < 4.78 is 4.91. The van der Waals surface area contributed by atoms with E-state index in [1.807, 2.05) is 0 Å². The fourth-order valence-electron chi connectivity index (χ4n) is 1.08. The van der Waals surface area contributed by atoms with E-state index in [0.717, 1.165) is 13.1 Å². The van der Waals surface area contributed by atoms with Gasteiger partial charge in [-0.05, 0) is 31.3 Å². The lowest BCUT2D eigenvalue weighted by Crippen LogP contribution is -2.36. The van der Waals surface area contributed by atoms with Gasteiger partial charge >= 0.3 is 0 Å². The van der Waals surface area contributed by atoms with Crippen LogP contribution < -0.4 is 10.6 Å². The molecule has 0 radical (unpaired) electrons. The van der Waals surface area contributed by atoms with E-state index in [9.17, 15) is 0 Å². The molecule has 1 heterocycles. The monoisotopic (exact) mass is 244 g/mol. The molecule has 1 aromatic rings. The van der Waals surface area contributed by atoms with Crippen molar-refractivity contribution < 1.29 is 4.74 Å². The number of ether oxygens (including phenoxy) is 1.